The molecule has 2 atom stereocenters. The zero-order valence-electron chi connectivity index (χ0n) is 24.4. The molecule has 5 rings (SSSR count). The number of ether oxygens (including phenoxy) is 2. The minimum absolute atomic E-state index is 0.255. The maximum Gasteiger partial charge on any atom is 0.128 e. The summed E-state index contributed by atoms with van der Waals surface area (Å²) in [5, 5.41) is 0. The molecule has 39 heavy (non-hydrogen) atoms. The molecule has 0 radical (unpaired) electrons. The number of aryl methyl sites for hydroxylation is 3. The molecule has 4 heteroatoms. The summed E-state index contributed by atoms with van der Waals surface area (Å²) in [5.41, 5.74) is 8.64. The average Bonchev–Trinajstić information content (AvgIpc) is 3.66. The van der Waals surface area contributed by atoms with Crippen LogP contribution in [0, 0.1) is 6.92 Å². The Bertz CT molecular complexity index is 1200. The van der Waals surface area contributed by atoms with Crippen molar-refractivity contribution in [1.82, 2.24) is 9.88 Å². The summed E-state index contributed by atoms with van der Waals surface area (Å²) in [6, 6.07) is 19.9. The van der Waals surface area contributed by atoms with Crippen molar-refractivity contribution in [3.05, 3.63) is 82.5 Å². The highest BCUT2D eigenvalue weighted by Crippen LogP contribution is 2.36. The van der Waals surface area contributed by atoms with Crippen molar-refractivity contribution in [3.63, 3.8) is 0 Å². The number of rotatable bonds is 11. The maximum absolute atomic E-state index is 6.79. The molecule has 0 bridgehead atoms. The summed E-state index contributed by atoms with van der Waals surface area (Å²) in [6.45, 7) is 8.15. The van der Waals surface area contributed by atoms with Gasteiger partial charge in [-0.2, -0.15) is 0 Å². The number of hydrogen-bond acceptors (Lipinski definition) is 4. The summed E-state index contributed by atoms with van der Waals surface area (Å²) in [5.74, 6) is 1.03. The van der Waals surface area contributed by atoms with Crippen LogP contribution >= 0.6 is 0 Å². The molecule has 2 aromatic carbocycles. The first kappa shape index (κ1) is 27.9. The van der Waals surface area contributed by atoms with E-state index in [1.807, 2.05) is 0 Å². The minimum Gasteiger partial charge on any atom is -0.490 e. The van der Waals surface area contributed by atoms with Gasteiger partial charge >= 0.3 is 0 Å². The van der Waals surface area contributed by atoms with E-state index in [0.717, 1.165) is 55.8 Å². The maximum atomic E-state index is 6.79. The molecule has 1 heterocycles. The van der Waals surface area contributed by atoms with E-state index in [1.165, 1.54) is 53.5 Å². The Kier molecular flexibility index (Phi) is 9.36. The Labute approximate surface area is 235 Å². The van der Waals surface area contributed by atoms with E-state index in [0.29, 0.717) is 18.8 Å². The van der Waals surface area contributed by atoms with Gasteiger partial charge in [-0.25, -0.2) is 0 Å². The van der Waals surface area contributed by atoms with E-state index in [9.17, 15) is 0 Å². The topological polar surface area (TPSA) is 34.6 Å². The molecule has 208 valence electrons. The fourth-order valence-electron chi connectivity index (χ4n) is 6.60. The van der Waals surface area contributed by atoms with Gasteiger partial charge in [-0.05, 0) is 88.4 Å². The van der Waals surface area contributed by atoms with E-state index in [-0.39, 0.29) is 6.10 Å². The molecule has 2 aliphatic rings. The Hall–Kier alpha value is -2.69. The summed E-state index contributed by atoms with van der Waals surface area (Å²) in [4.78, 5) is 7.72. The first-order valence-electron chi connectivity index (χ1n) is 15.2. The average molecular weight is 527 g/mol. The second-order valence-electron chi connectivity index (χ2n) is 11.5. The zero-order valence-corrected chi connectivity index (χ0v) is 24.4. The van der Waals surface area contributed by atoms with Crippen LogP contribution < -0.4 is 4.74 Å². The van der Waals surface area contributed by atoms with Crippen LogP contribution in [0.15, 0.2) is 54.6 Å². The third-order valence-corrected chi connectivity index (χ3v) is 8.84. The predicted molar refractivity (Wildman–Crippen MR) is 160 cm³/mol. The van der Waals surface area contributed by atoms with Crippen molar-refractivity contribution in [2.24, 2.45) is 0 Å². The second-order valence-corrected chi connectivity index (χ2v) is 11.5. The summed E-state index contributed by atoms with van der Waals surface area (Å²) < 4.78 is 13.3. The molecule has 3 aromatic rings. The molecular weight excluding hydrogens is 480 g/mol. The van der Waals surface area contributed by atoms with Gasteiger partial charge in [-0.1, -0.05) is 62.4 Å². The monoisotopic (exact) mass is 526 g/mol. The van der Waals surface area contributed by atoms with Crippen LogP contribution in [0.4, 0.5) is 0 Å². The third-order valence-electron chi connectivity index (χ3n) is 8.84. The molecular formula is C35H46N2O2. The molecule has 2 saturated carbocycles. The van der Waals surface area contributed by atoms with Gasteiger partial charge in [0, 0.05) is 35.5 Å². The van der Waals surface area contributed by atoms with Gasteiger partial charge in [0.2, 0.25) is 0 Å². The van der Waals surface area contributed by atoms with Gasteiger partial charge < -0.3 is 9.47 Å². The highest BCUT2D eigenvalue weighted by atomic mass is 16.5. The van der Waals surface area contributed by atoms with Crippen molar-refractivity contribution < 1.29 is 9.47 Å². The number of pyridine rings is 1. The molecule has 4 nitrogen and oxygen atoms in total. The predicted octanol–water partition coefficient (Wildman–Crippen LogP) is 8.07. The lowest BCUT2D eigenvalue weighted by Crippen LogP contribution is -2.38. The van der Waals surface area contributed by atoms with Gasteiger partial charge in [0.15, 0.2) is 0 Å². The molecule has 2 fully saturated rings. The Morgan fingerprint density at radius 1 is 0.872 bits per heavy atom. The first-order valence-corrected chi connectivity index (χ1v) is 15.2. The third kappa shape index (κ3) is 6.56. The van der Waals surface area contributed by atoms with Gasteiger partial charge in [-0.3, -0.25) is 9.88 Å². The number of nitrogens with zero attached hydrogens (tertiary/aromatic N) is 2. The molecule has 0 unspecified atom stereocenters. The van der Waals surface area contributed by atoms with Crippen molar-refractivity contribution >= 4 is 0 Å². The van der Waals surface area contributed by atoms with Crippen molar-refractivity contribution in [1.29, 1.82) is 0 Å². The first-order chi connectivity index (χ1) is 19.1. The lowest BCUT2D eigenvalue weighted by Gasteiger charge is -2.31. The van der Waals surface area contributed by atoms with Crippen LogP contribution in [-0.4, -0.2) is 35.2 Å². The Morgan fingerprint density at radius 3 is 2.28 bits per heavy atom. The van der Waals surface area contributed by atoms with E-state index < -0.39 is 0 Å². The summed E-state index contributed by atoms with van der Waals surface area (Å²) in [7, 11) is 2.25. The van der Waals surface area contributed by atoms with Crippen LogP contribution in [0.25, 0.3) is 11.3 Å². The Morgan fingerprint density at radius 2 is 1.59 bits per heavy atom. The molecule has 1 aromatic heterocycles. The minimum atomic E-state index is 0.255. The zero-order chi connectivity index (χ0) is 27.2. The molecule has 2 aliphatic carbocycles. The lowest BCUT2D eigenvalue weighted by atomic mass is 9.94. The summed E-state index contributed by atoms with van der Waals surface area (Å²) >= 11 is 0. The van der Waals surface area contributed by atoms with Crippen molar-refractivity contribution in [2.75, 3.05) is 7.05 Å². The van der Waals surface area contributed by atoms with Gasteiger partial charge in [0.05, 0.1) is 24.5 Å². The van der Waals surface area contributed by atoms with Gasteiger partial charge in [0.25, 0.3) is 0 Å². The number of hydrogen-bond donors (Lipinski definition) is 0. The SMILES string of the molecule is CCc1cccc(CC)c1-c1cc(OC2CCCC2)c(CN(C)[C@H]2CCC[C@@H]2OCc2ccccc2)c(C)n1. The fraction of sp³-hybridized carbons (Fsp3) is 0.514. The number of likely N-dealkylation sites (N-methyl/N-ethyl adjacent to an activating group) is 1. The van der Waals surface area contributed by atoms with E-state index >= 15 is 0 Å². The Balaban J connectivity index is 1.41. The fourth-order valence-corrected chi connectivity index (χ4v) is 6.60. The van der Waals surface area contributed by atoms with Crippen molar-refractivity contribution in [2.45, 2.75) is 110 Å². The van der Waals surface area contributed by atoms with Crippen LogP contribution in [-0.2, 0) is 30.7 Å². The normalized spacial score (nSPS) is 19.7. The van der Waals surface area contributed by atoms with E-state index in [2.05, 4.69) is 87.3 Å². The molecule has 0 saturated heterocycles. The standard InChI is InChI=1S/C35H46N2O2/c1-5-27-16-12-17-28(6-2)35(27)31-22-34(39-29-18-10-11-19-29)30(25(3)36-31)23-37(4)32-20-13-21-33(32)38-24-26-14-8-7-9-15-26/h7-9,12,14-17,22,29,32-33H,5-6,10-11,13,18-21,23-24H2,1-4H3/t32-,33-/m0/s1. The molecule has 0 spiro atoms. The lowest BCUT2D eigenvalue weighted by molar-refractivity contribution is -0.00367. The van der Waals surface area contributed by atoms with Gasteiger partial charge in [-0.15, -0.1) is 0 Å². The van der Waals surface area contributed by atoms with E-state index in [4.69, 9.17) is 14.5 Å². The molecule has 0 N–H and O–H groups in total. The summed E-state index contributed by atoms with van der Waals surface area (Å²) in [6.07, 6.45) is 10.9. The molecule has 0 amide bonds. The van der Waals surface area contributed by atoms with Crippen LogP contribution in [0.5, 0.6) is 5.75 Å². The molecule has 0 aliphatic heterocycles. The van der Waals surface area contributed by atoms with Crippen molar-refractivity contribution in [3.8, 4) is 17.0 Å². The number of aromatic nitrogens is 1. The van der Waals surface area contributed by atoms with Gasteiger partial charge in [0.1, 0.15) is 5.75 Å². The smallest absolute Gasteiger partial charge is 0.128 e. The van der Waals surface area contributed by atoms with Crippen LogP contribution in [0.1, 0.15) is 86.7 Å². The van der Waals surface area contributed by atoms with E-state index in [1.54, 1.807) is 0 Å². The van der Waals surface area contributed by atoms with Crippen LogP contribution in [0.2, 0.25) is 0 Å². The highest BCUT2D eigenvalue weighted by molar-refractivity contribution is 5.70. The highest BCUT2D eigenvalue weighted by Gasteiger charge is 2.32. The quantitative estimate of drug-likeness (QED) is 0.253. The largest absolute Gasteiger partial charge is 0.490 e. The number of benzene rings is 2. The second kappa shape index (κ2) is 13.1. The van der Waals surface area contributed by atoms with Crippen LogP contribution in [0.3, 0.4) is 0 Å².